The van der Waals surface area contributed by atoms with Gasteiger partial charge in [-0.25, -0.2) is 4.98 Å². The Morgan fingerprint density at radius 3 is 3.00 bits per heavy atom. The van der Waals surface area contributed by atoms with Crippen molar-refractivity contribution >= 4 is 33.0 Å². The number of carbonyl (C=O) groups excluding carboxylic acids is 1. The summed E-state index contributed by atoms with van der Waals surface area (Å²) < 4.78 is 0.885. The van der Waals surface area contributed by atoms with Crippen LogP contribution in [0.2, 0.25) is 0 Å². The Kier molecular flexibility index (Phi) is 3.20. The Balaban J connectivity index is 2.45. The van der Waals surface area contributed by atoms with Gasteiger partial charge in [0, 0.05) is 11.8 Å². The molecule has 0 saturated heterocycles. The van der Waals surface area contributed by atoms with Gasteiger partial charge in [0.1, 0.15) is 5.78 Å². The molecule has 1 aromatic heterocycles. The van der Waals surface area contributed by atoms with E-state index >= 15 is 0 Å². The Morgan fingerprint density at radius 2 is 2.55 bits per heavy atom. The van der Waals surface area contributed by atoms with Crippen LogP contribution < -0.4 is 0 Å². The summed E-state index contributed by atoms with van der Waals surface area (Å²) in [7, 11) is 0. The van der Waals surface area contributed by atoms with Gasteiger partial charge >= 0.3 is 0 Å². The second-order valence-electron chi connectivity index (χ2n) is 2.29. The van der Waals surface area contributed by atoms with Crippen molar-refractivity contribution in [2.75, 3.05) is 0 Å². The first-order valence-corrected chi connectivity index (χ1v) is 4.95. The van der Waals surface area contributed by atoms with Gasteiger partial charge in [-0.05, 0) is 29.3 Å². The fraction of sp³-hybridized carbons (Fsp3) is 0.429. The van der Waals surface area contributed by atoms with Crippen LogP contribution in [-0.2, 0) is 11.2 Å². The van der Waals surface area contributed by atoms with Crippen molar-refractivity contribution in [1.82, 2.24) is 4.98 Å². The molecule has 0 atom stereocenters. The van der Waals surface area contributed by atoms with Crippen molar-refractivity contribution in [3.63, 3.8) is 0 Å². The maximum absolute atomic E-state index is 10.6. The maximum Gasteiger partial charge on any atom is 0.159 e. The van der Waals surface area contributed by atoms with E-state index in [1.165, 1.54) is 0 Å². The predicted molar refractivity (Wildman–Crippen MR) is 48.8 cm³/mol. The number of Topliss-reactive ketones (excluding diaryl/α,β-unsaturated/α-hetero) is 1. The van der Waals surface area contributed by atoms with E-state index in [1.54, 1.807) is 18.3 Å². The van der Waals surface area contributed by atoms with Crippen molar-refractivity contribution in [3.8, 4) is 0 Å². The molecular weight excluding hydrogens is 226 g/mol. The highest BCUT2D eigenvalue weighted by Crippen LogP contribution is 2.16. The van der Waals surface area contributed by atoms with E-state index in [0.29, 0.717) is 6.42 Å². The Labute approximate surface area is 77.8 Å². The van der Waals surface area contributed by atoms with Crippen LogP contribution in [0.3, 0.4) is 0 Å². The van der Waals surface area contributed by atoms with Crippen molar-refractivity contribution in [2.24, 2.45) is 0 Å². The SMILES string of the molecule is CC(=O)CCc1csc(Br)n1. The zero-order valence-corrected chi connectivity index (χ0v) is 8.54. The van der Waals surface area contributed by atoms with E-state index in [2.05, 4.69) is 20.9 Å². The summed E-state index contributed by atoms with van der Waals surface area (Å²) in [5, 5.41) is 1.97. The highest BCUT2D eigenvalue weighted by Gasteiger charge is 2.00. The van der Waals surface area contributed by atoms with Gasteiger partial charge in [0.2, 0.25) is 0 Å². The molecular formula is C7H8BrNOS. The molecule has 1 rings (SSSR count). The van der Waals surface area contributed by atoms with E-state index in [4.69, 9.17) is 0 Å². The minimum absolute atomic E-state index is 0.217. The van der Waals surface area contributed by atoms with Crippen LogP contribution in [0.25, 0.3) is 0 Å². The first kappa shape index (κ1) is 8.87. The van der Waals surface area contributed by atoms with Crippen molar-refractivity contribution in [1.29, 1.82) is 0 Å². The molecule has 1 aromatic rings. The minimum Gasteiger partial charge on any atom is -0.300 e. The van der Waals surface area contributed by atoms with Gasteiger partial charge in [0.25, 0.3) is 0 Å². The number of aromatic nitrogens is 1. The molecule has 0 saturated carbocycles. The van der Waals surface area contributed by atoms with Crippen molar-refractivity contribution in [3.05, 3.63) is 15.0 Å². The van der Waals surface area contributed by atoms with Gasteiger partial charge in [0.15, 0.2) is 3.92 Å². The van der Waals surface area contributed by atoms with E-state index in [0.717, 1.165) is 16.0 Å². The van der Waals surface area contributed by atoms with Crippen molar-refractivity contribution in [2.45, 2.75) is 19.8 Å². The van der Waals surface area contributed by atoms with Gasteiger partial charge in [-0.1, -0.05) is 0 Å². The van der Waals surface area contributed by atoms with E-state index in [1.807, 2.05) is 5.38 Å². The van der Waals surface area contributed by atoms with Crippen LogP contribution in [0.4, 0.5) is 0 Å². The van der Waals surface area contributed by atoms with Gasteiger partial charge < -0.3 is 4.79 Å². The topological polar surface area (TPSA) is 30.0 Å². The molecule has 0 N–H and O–H groups in total. The monoisotopic (exact) mass is 233 g/mol. The normalized spacial score (nSPS) is 10.0. The Morgan fingerprint density at radius 1 is 1.82 bits per heavy atom. The van der Waals surface area contributed by atoms with Gasteiger partial charge in [-0.15, -0.1) is 11.3 Å². The lowest BCUT2D eigenvalue weighted by Gasteiger charge is -1.89. The largest absolute Gasteiger partial charge is 0.300 e. The number of hydrogen-bond donors (Lipinski definition) is 0. The molecule has 0 fully saturated rings. The summed E-state index contributed by atoms with van der Waals surface area (Å²) in [6, 6.07) is 0. The standard InChI is InChI=1S/C7H8BrNOS/c1-5(10)2-3-6-4-11-7(8)9-6/h4H,2-3H2,1H3. The third-order valence-corrected chi connectivity index (χ3v) is 2.67. The number of carbonyl (C=O) groups is 1. The fourth-order valence-corrected chi connectivity index (χ4v) is 1.78. The molecule has 0 aliphatic heterocycles. The van der Waals surface area contributed by atoms with Crippen LogP contribution in [0.5, 0.6) is 0 Å². The van der Waals surface area contributed by atoms with Crippen molar-refractivity contribution < 1.29 is 4.79 Å². The maximum atomic E-state index is 10.6. The van der Waals surface area contributed by atoms with Crippen LogP contribution in [0.15, 0.2) is 9.30 Å². The van der Waals surface area contributed by atoms with Crippen LogP contribution >= 0.6 is 27.3 Å². The average molecular weight is 234 g/mol. The number of halogens is 1. The lowest BCUT2D eigenvalue weighted by molar-refractivity contribution is -0.116. The molecule has 1 heterocycles. The summed E-state index contributed by atoms with van der Waals surface area (Å²) >= 11 is 4.81. The van der Waals surface area contributed by atoms with Gasteiger partial charge in [0.05, 0.1) is 5.69 Å². The zero-order valence-electron chi connectivity index (χ0n) is 6.13. The molecule has 11 heavy (non-hydrogen) atoms. The minimum atomic E-state index is 0.217. The van der Waals surface area contributed by atoms with E-state index in [-0.39, 0.29) is 5.78 Å². The quantitative estimate of drug-likeness (QED) is 0.803. The highest BCUT2D eigenvalue weighted by atomic mass is 79.9. The average Bonchev–Trinajstić information content (AvgIpc) is 2.31. The molecule has 0 bridgehead atoms. The number of thiazole rings is 1. The second-order valence-corrected chi connectivity index (χ2v) is 4.43. The Bertz CT molecular complexity index is 259. The molecule has 4 heteroatoms. The predicted octanol–water partition coefficient (Wildman–Crippen LogP) is 2.43. The first-order valence-electron chi connectivity index (χ1n) is 3.28. The number of rotatable bonds is 3. The summed E-state index contributed by atoms with van der Waals surface area (Å²) in [5.41, 5.74) is 0.997. The molecule has 0 spiro atoms. The summed E-state index contributed by atoms with van der Waals surface area (Å²) in [5.74, 6) is 0.217. The molecule has 0 aliphatic carbocycles. The molecule has 0 radical (unpaired) electrons. The zero-order chi connectivity index (χ0) is 8.27. The second kappa shape index (κ2) is 3.97. The fourth-order valence-electron chi connectivity index (χ4n) is 0.701. The van der Waals surface area contributed by atoms with Crippen LogP contribution in [-0.4, -0.2) is 10.8 Å². The third kappa shape index (κ3) is 3.12. The molecule has 0 aromatic carbocycles. The smallest absolute Gasteiger partial charge is 0.159 e. The van der Waals surface area contributed by atoms with E-state index in [9.17, 15) is 4.79 Å². The molecule has 0 unspecified atom stereocenters. The molecule has 60 valence electrons. The number of aryl methyl sites for hydroxylation is 1. The van der Waals surface area contributed by atoms with Gasteiger partial charge in [-0.3, -0.25) is 0 Å². The Hall–Kier alpha value is -0.220. The molecule has 2 nitrogen and oxygen atoms in total. The van der Waals surface area contributed by atoms with E-state index < -0.39 is 0 Å². The summed E-state index contributed by atoms with van der Waals surface area (Å²) in [4.78, 5) is 14.8. The molecule has 0 amide bonds. The van der Waals surface area contributed by atoms with Gasteiger partial charge in [-0.2, -0.15) is 0 Å². The molecule has 0 aliphatic rings. The van der Waals surface area contributed by atoms with Crippen LogP contribution in [0.1, 0.15) is 19.0 Å². The summed E-state index contributed by atoms with van der Waals surface area (Å²) in [6.07, 6.45) is 1.35. The highest BCUT2D eigenvalue weighted by molar-refractivity contribution is 9.11. The number of ketones is 1. The third-order valence-electron chi connectivity index (χ3n) is 1.26. The van der Waals surface area contributed by atoms with Crippen LogP contribution in [0, 0.1) is 0 Å². The summed E-state index contributed by atoms with van der Waals surface area (Å²) in [6.45, 7) is 1.60. The lowest BCUT2D eigenvalue weighted by atomic mass is 10.2. The first-order chi connectivity index (χ1) is 5.18. The number of hydrogen-bond acceptors (Lipinski definition) is 3. The number of nitrogens with zero attached hydrogens (tertiary/aromatic N) is 1. The lowest BCUT2D eigenvalue weighted by Crippen LogP contribution is -1.93.